The van der Waals surface area contributed by atoms with Crippen LogP contribution in [0.2, 0.25) is 0 Å². The highest BCUT2D eigenvalue weighted by Crippen LogP contribution is 2.51. The number of para-hydroxylation sites is 4. The molecule has 0 atom stereocenters. The van der Waals surface area contributed by atoms with Crippen molar-refractivity contribution in [2.45, 2.75) is 12.3 Å². The van der Waals surface area contributed by atoms with E-state index in [1.54, 1.807) is 48.5 Å². The van der Waals surface area contributed by atoms with Gasteiger partial charge in [0.25, 0.3) is 0 Å². The van der Waals surface area contributed by atoms with Crippen molar-refractivity contribution in [1.29, 1.82) is 0 Å². The maximum Gasteiger partial charge on any atom is 0.127 e. The standard InChI is InChI=1S/C38H30O4/c1-38(27-23-21-26(22-24-27)25-11-3-2-4-12-25,32-17-9-15-30(36(32)41)28-13-5-7-19-34(28)39)33-18-10-16-31(37(33)42)29-14-6-8-20-35(29)40/h2-24,39-42H,1H3. The second kappa shape index (κ2) is 10.8. The molecule has 0 fully saturated rings. The molecule has 6 aromatic rings. The molecule has 0 heterocycles. The van der Waals surface area contributed by atoms with Crippen LogP contribution in [0.25, 0.3) is 33.4 Å². The predicted molar refractivity (Wildman–Crippen MR) is 168 cm³/mol. The van der Waals surface area contributed by atoms with Crippen LogP contribution in [0, 0.1) is 0 Å². The van der Waals surface area contributed by atoms with Gasteiger partial charge in [0, 0.05) is 38.8 Å². The highest BCUT2D eigenvalue weighted by Gasteiger charge is 2.37. The third kappa shape index (κ3) is 4.53. The molecule has 0 aliphatic heterocycles. The first kappa shape index (κ1) is 26.7. The Labute approximate surface area is 245 Å². The Kier molecular flexibility index (Phi) is 6.89. The molecule has 4 heteroatoms. The Hall–Kier alpha value is -5.48. The van der Waals surface area contributed by atoms with Crippen LogP contribution in [0.15, 0.2) is 140 Å². The Morgan fingerprint density at radius 2 is 0.786 bits per heavy atom. The minimum absolute atomic E-state index is 0.000923. The number of hydrogen-bond donors (Lipinski definition) is 4. The van der Waals surface area contributed by atoms with Gasteiger partial charge in [-0.2, -0.15) is 0 Å². The number of rotatable bonds is 6. The molecule has 0 unspecified atom stereocenters. The molecule has 0 aliphatic carbocycles. The van der Waals surface area contributed by atoms with Gasteiger partial charge in [0.2, 0.25) is 0 Å². The van der Waals surface area contributed by atoms with E-state index < -0.39 is 5.41 Å². The van der Waals surface area contributed by atoms with Gasteiger partial charge in [-0.15, -0.1) is 0 Å². The number of aromatic hydroxyl groups is 4. The third-order valence-corrected chi connectivity index (χ3v) is 8.11. The van der Waals surface area contributed by atoms with Gasteiger partial charge in [0.05, 0.1) is 0 Å². The maximum atomic E-state index is 11.8. The molecule has 0 aromatic heterocycles. The van der Waals surface area contributed by atoms with E-state index in [0.29, 0.717) is 33.4 Å². The molecular weight excluding hydrogens is 520 g/mol. The van der Waals surface area contributed by atoms with Crippen molar-refractivity contribution in [2.75, 3.05) is 0 Å². The van der Waals surface area contributed by atoms with Crippen molar-refractivity contribution in [3.8, 4) is 56.4 Å². The molecule has 4 nitrogen and oxygen atoms in total. The zero-order valence-corrected chi connectivity index (χ0v) is 23.1. The fourth-order valence-corrected chi connectivity index (χ4v) is 5.81. The number of phenolic OH excluding ortho intramolecular Hbond substituents is 4. The van der Waals surface area contributed by atoms with E-state index in [0.717, 1.165) is 16.7 Å². The van der Waals surface area contributed by atoms with Gasteiger partial charge in [0.1, 0.15) is 23.0 Å². The quantitative estimate of drug-likeness (QED) is 0.156. The molecule has 0 saturated carbocycles. The molecule has 0 saturated heterocycles. The summed E-state index contributed by atoms with van der Waals surface area (Å²) in [7, 11) is 0. The number of benzene rings is 6. The van der Waals surface area contributed by atoms with Crippen molar-refractivity contribution in [2.24, 2.45) is 0 Å². The lowest BCUT2D eigenvalue weighted by Gasteiger charge is -2.34. The van der Waals surface area contributed by atoms with Gasteiger partial charge in [-0.05, 0) is 35.7 Å². The molecule has 4 N–H and O–H groups in total. The van der Waals surface area contributed by atoms with Gasteiger partial charge >= 0.3 is 0 Å². The third-order valence-electron chi connectivity index (χ3n) is 8.11. The van der Waals surface area contributed by atoms with Crippen molar-refractivity contribution in [3.05, 3.63) is 156 Å². The summed E-state index contributed by atoms with van der Waals surface area (Å²) in [6.45, 7) is 1.97. The van der Waals surface area contributed by atoms with Crippen LogP contribution in [-0.2, 0) is 5.41 Å². The van der Waals surface area contributed by atoms with Crippen LogP contribution in [0.4, 0.5) is 0 Å². The zero-order valence-electron chi connectivity index (χ0n) is 23.1. The molecular formula is C38H30O4. The highest BCUT2D eigenvalue weighted by atomic mass is 16.3. The van der Waals surface area contributed by atoms with E-state index in [-0.39, 0.29) is 23.0 Å². The lowest BCUT2D eigenvalue weighted by molar-refractivity contribution is 0.442. The van der Waals surface area contributed by atoms with Gasteiger partial charge in [0.15, 0.2) is 0 Å². The second-order valence-corrected chi connectivity index (χ2v) is 10.5. The smallest absolute Gasteiger partial charge is 0.127 e. The lowest BCUT2D eigenvalue weighted by atomic mass is 9.69. The Balaban J connectivity index is 1.60. The average molecular weight is 551 g/mol. The van der Waals surface area contributed by atoms with Gasteiger partial charge in [-0.3, -0.25) is 0 Å². The molecule has 42 heavy (non-hydrogen) atoms. The molecule has 6 rings (SSSR count). The van der Waals surface area contributed by atoms with Gasteiger partial charge in [-0.1, -0.05) is 127 Å². The molecule has 6 aromatic carbocycles. The second-order valence-electron chi connectivity index (χ2n) is 10.5. The first-order valence-electron chi connectivity index (χ1n) is 13.8. The molecule has 0 radical (unpaired) electrons. The van der Waals surface area contributed by atoms with E-state index in [9.17, 15) is 20.4 Å². The summed E-state index contributed by atoms with van der Waals surface area (Å²) >= 11 is 0. The molecule has 206 valence electrons. The monoisotopic (exact) mass is 550 g/mol. The van der Waals surface area contributed by atoms with Crippen LogP contribution in [0.5, 0.6) is 23.0 Å². The SMILES string of the molecule is CC(c1ccc(-c2ccccc2)cc1)(c1cccc(-c2ccccc2O)c1O)c1cccc(-c2ccccc2O)c1O. The average Bonchev–Trinajstić information content (AvgIpc) is 3.02. The fourth-order valence-electron chi connectivity index (χ4n) is 5.81. The summed E-state index contributed by atoms with van der Waals surface area (Å²) in [6, 6.07) is 42.9. The van der Waals surface area contributed by atoms with Crippen LogP contribution in [0.1, 0.15) is 23.6 Å². The van der Waals surface area contributed by atoms with Crippen molar-refractivity contribution in [3.63, 3.8) is 0 Å². The van der Waals surface area contributed by atoms with Crippen LogP contribution in [0.3, 0.4) is 0 Å². The topological polar surface area (TPSA) is 80.9 Å². The van der Waals surface area contributed by atoms with E-state index in [1.165, 1.54) is 0 Å². The molecule has 0 spiro atoms. The van der Waals surface area contributed by atoms with Crippen LogP contribution < -0.4 is 0 Å². The Bertz CT molecular complexity index is 1780. The van der Waals surface area contributed by atoms with Crippen molar-refractivity contribution < 1.29 is 20.4 Å². The number of hydrogen-bond acceptors (Lipinski definition) is 4. The van der Waals surface area contributed by atoms with Crippen LogP contribution >= 0.6 is 0 Å². The first-order chi connectivity index (χ1) is 20.4. The maximum absolute atomic E-state index is 11.8. The normalized spacial score (nSPS) is 11.4. The van der Waals surface area contributed by atoms with Crippen LogP contribution in [-0.4, -0.2) is 20.4 Å². The number of phenols is 4. The van der Waals surface area contributed by atoms with Crippen molar-refractivity contribution >= 4 is 0 Å². The summed E-state index contributed by atoms with van der Waals surface area (Å²) < 4.78 is 0. The zero-order chi connectivity index (χ0) is 29.3. The molecule has 0 aliphatic rings. The summed E-state index contributed by atoms with van der Waals surface area (Å²) in [5.41, 5.74) is 5.02. The van der Waals surface area contributed by atoms with Gasteiger partial charge in [-0.25, -0.2) is 0 Å². The first-order valence-corrected chi connectivity index (χ1v) is 13.8. The Morgan fingerprint density at radius 1 is 0.381 bits per heavy atom. The summed E-state index contributed by atoms with van der Waals surface area (Å²) in [5.74, 6) is 0.119. The molecule has 0 amide bonds. The van der Waals surface area contributed by atoms with E-state index in [4.69, 9.17) is 0 Å². The van der Waals surface area contributed by atoms with Crippen molar-refractivity contribution in [1.82, 2.24) is 0 Å². The van der Waals surface area contributed by atoms with E-state index >= 15 is 0 Å². The summed E-state index contributed by atoms with van der Waals surface area (Å²) in [4.78, 5) is 0. The summed E-state index contributed by atoms with van der Waals surface area (Å²) in [6.07, 6.45) is 0. The lowest BCUT2D eigenvalue weighted by Crippen LogP contribution is -2.26. The minimum Gasteiger partial charge on any atom is -0.507 e. The predicted octanol–water partition coefficient (Wildman–Crippen LogP) is 8.86. The fraction of sp³-hybridized carbons (Fsp3) is 0.0526. The van der Waals surface area contributed by atoms with E-state index in [2.05, 4.69) is 12.1 Å². The minimum atomic E-state index is -1.04. The largest absolute Gasteiger partial charge is 0.507 e. The highest BCUT2D eigenvalue weighted by molar-refractivity contribution is 5.81. The molecule has 0 bridgehead atoms. The Morgan fingerprint density at radius 3 is 1.26 bits per heavy atom. The van der Waals surface area contributed by atoms with E-state index in [1.807, 2.05) is 85.8 Å². The van der Waals surface area contributed by atoms with Gasteiger partial charge < -0.3 is 20.4 Å². The summed E-state index contributed by atoms with van der Waals surface area (Å²) in [5, 5.41) is 44.9.